The topological polar surface area (TPSA) is 98.7 Å². The summed E-state index contributed by atoms with van der Waals surface area (Å²) in [4.78, 5) is 20.6. The SMILES string of the molecule is O=C(O)CCCNN[C@@H](CS)C(=O)O. The number of hydrogen-bond donors (Lipinski definition) is 5. The molecule has 0 heterocycles. The minimum absolute atomic E-state index is 0.0628. The van der Waals surface area contributed by atoms with Gasteiger partial charge in [-0.15, -0.1) is 0 Å². The van der Waals surface area contributed by atoms with Crippen molar-refractivity contribution in [1.82, 2.24) is 10.9 Å². The van der Waals surface area contributed by atoms with E-state index < -0.39 is 18.0 Å². The largest absolute Gasteiger partial charge is 0.481 e. The van der Waals surface area contributed by atoms with Crippen molar-refractivity contribution in [3.63, 3.8) is 0 Å². The summed E-state index contributed by atoms with van der Waals surface area (Å²) in [6.45, 7) is 0.407. The van der Waals surface area contributed by atoms with Crippen LogP contribution in [0.3, 0.4) is 0 Å². The fraction of sp³-hybridized carbons (Fsp3) is 0.714. The summed E-state index contributed by atoms with van der Waals surface area (Å²) in [6, 6.07) is -0.761. The molecular weight excluding hydrogens is 208 g/mol. The molecule has 0 aliphatic heterocycles. The maximum Gasteiger partial charge on any atom is 0.322 e. The fourth-order valence-corrected chi connectivity index (χ4v) is 0.956. The van der Waals surface area contributed by atoms with E-state index in [2.05, 4.69) is 23.5 Å². The molecule has 0 aliphatic carbocycles. The number of thiol groups is 1. The van der Waals surface area contributed by atoms with Crippen molar-refractivity contribution in [3.8, 4) is 0 Å². The van der Waals surface area contributed by atoms with E-state index in [1.54, 1.807) is 0 Å². The second kappa shape index (κ2) is 7.60. The lowest BCUT2D eigenvalue weighted by molar-refractivity contribution is -0.139. The van der Waals surface area contributed by atoms with Gasteiger partial charge in [0.2, 0.25) is 0 Å². The molecule has 1 atom stereocenters. The van der Waals surface area contributed by atoms with E-state index in [4.69, 9.17) is 10.2 Å². The van der Waals surface area contributed by atoms with E-state index in [0.29, 0.717) is 13.0 Å². The maximum atomic E-state index is 10.5. The van der Waals surface area contributed by atoms with Gasteiger partial charge in [0, 0.05) is 18.7 Å². The van der Waals surface area contributed by atoms with Crippen molar-refractivity contribution in [2.24, 2.45) is 0 Å². The molecule has 0 aromatic heterocycles. The summed E-state index contributed by atoms with van der Waals surface area (Å²) in [7, 11) is 0. The summed E-state index contributed by atoms with van der Waals surface area (Å²) < 4.78 is 0. The van der Waals surface area contributed by atoms with Crippen LogP contribution in [0.15, 0.2) is 0 Å². The molecule has 7 heteroatoms. The van der Waals surface area contributed by atoms with Crippen LogP contribution in [-0.2, 0) is 9.59 Å². The van der Waals surface area contributed by atoms with E-state index in [1.165, 1.54) is 0 Å². The van der Waals surface area contributed by atoms with Gasteiger partial charge in [-0.3, -0.25) is 15.0 Å². The average molecular weight is 222 g/mol. The zero-order chi connectivity index (χ0) is 11.0. The molecule has 0 fully saturated rings. The van der Waals surface area contributed by atoms with Gasteiger partial charge < -0.3 is 10.2 Å². The summed E-state index contributed by atoms with van der Waals surface area (Å²) in [6.07, 6.45) is 0.508. The lowest BCUT2D eigenvalue weighted by Crippen LogP contribution is -2.47. The standard InChI is InChI=1S/C7H14N2O4S/c10-6(11)2-1-3-8-9-5(4-14)7(12)13/h5,8-9,14H,1-4H2,(H,10,11)(H,12,13)/t5-/m0/s1. The van der Waals surface area contributed by atoms with Gasteiger partial charge in [0.25, 0.3) is 0 Å². The molecule has 0 rings (SSSR count). The molecule has 82 valence electrons. The van der Waals surface area contributed by atoms with E-state index in [0.717, 1.165) is 0 Å². The molecule has 0 aliphatic rings. The van der Waals surface area contributed by atoms with Crippen molar-refractivity contribution >= 4 is 24.6 Å². The molecule has 4 N–H and O–H groups in total. The third kappa shape index (κ3) is 6.70. The summed E-state index contributed by atoms with van der Waals surface area (Å²) >= 11 is 3.84. The molecule has 0 saturated heterocycles. The van der Waals surface area contributed by atoms with Gasteiger partial charge in [-0.2, -0.15) is 12.6 Å². The van der Waals surface area contributed by atoms with E-state index in [9.17, 15) is 9.59 Å². The normalized spacial score (nSPS) is 12.4. The molecule has 0 amide bonds. The molecule has 14 heavy (non-hydrogen) atoms. The third-order valence-corrected chi connectivity index (χ3v) is 1.81. The Balaban J connectivity index is 3.42. The highest BCUT2D eigenvalue weighted by atomic mass is 32.1. The van der Waals surface area contributed by atoms with Crippen molar-refractivity contribution in [2.75, 3.05) is 12.3 Å². The second-order valence-electron chi connectivity index (χ2n) is 2.64. The predicted octanol–water partition coefficient (Wildman–Crippen LogP) is -0.672. The number of nitrogens with one attached hydrogen (secondary N) is 2. The van der Waals surface area contributed by atoms with Crippen molar-refractivity contribution in [2.45, 2.75) is 18.9 Å². The molecule has 0 spiro atoms. The summed E-state index contributed by atoms with van der Waals surface area (Å²) in [5.74, 6) is -1.69. The quantitative estimate of drug-likeness (QED) is 0.212. The first kappa shape index (κ1) is 13.2. The first-order valence-corrected chi connectivity index (χ1v) is 4.75. The number of carbonyl (C=O) groups is 2. The number of carboxylic acids is 2. The number of hydrogen-bond acceptors (Lipinski definition) is 5. The lowest BCUT2D eigenvalue weighted by Gasteiger charge is -2.12. The van der Waals surface area contributed by atoms with Gasteiger partial charge in [0.05, 0.1) is 0 Å². The van der Waals surface area contributed by atoms with Crippen LogP contribution in [0.25, 0.3) is 0 Å². The van der Waals surface area contributed by atoms with E-state index >= 15 is 0 Å². The van der Waals surface area contributed by atoms with Crippen molar-refractivity contribution < 1.29 is 19.8 Å². The first-order chi connectivity index (χ1) is 6.57. The highest BCUT2D eigenvalue weighted by Crippen LogP contribution is 1.88. The zero-order valence-corrected chi connectivity index (χ0v) is 8.46. The van der Waals surface area contributed by atoms with Gasteiger partial charge >= 0.3 is 11.9 Å². The smallest absolute Gasteiger partial charge is 0.322 e. The molecule has 0 bridgehead atoms. The molecule has 0 radical (unpaired) electrons. The Morgan fingerprint density at radius 3 is 2.43 bits per heavy atom. The van der Waals surface area contributed by atoms with Gasteiger partial charge in [-0.1, -0.05) is 0 Å². The van der Waals surface area contributed by atoms with Crippen molar-refractivity contribution in [1.29, 1.82) is 0 Å². The number of rotatable bonds is 8. The van der Waals surface area contributed by atoms with Crippen LogP contribution >= 0.6 is 12.6 Å². The van der Waals surface area contributed by atoms with Crippen LogP contribution < -0.4 is 10.9 Å². The molecule has 0 aromatic rings. The number of aliphatic carboxylic acids is 2. The lowest BCUT2D eigenvalue weighted by atomic mass is 10.3. The van der Waals surface area contributed by atoms with Crippen molar-refractivity contribution in [3.05, 3.63) is 0 Å². The van der Waals surface area contributed by atoms with Gasteiger partial charge in [0.1, 0.15) is 6.04 Å². The third-order valence-electron chi connectivity index (χ3n) is 1.45. The summed E-state index contributed by atoms with van der Waals surface area (Å²) in [5, 5.41) is 16.9. The first-order valence-electron chi connectivity index (χ1n) is 4.11. The Labute approximate surface area is 87.1 Å². The zero-order valence-electron chi connectivity index (χ0n) is 7.56. The molecule has 0 aromatic carbocycles. The molecule has 0 unspecified atom stereocenters. The maximum absolute atomic E-state index is 10.5. The van der Waals surface area contributed by atoms with Crippen LogP contribution in [0.4, 0.5) is 0 Å². The minimum atomic E-state index is -0.995. The Morgan fingerprint density at radius 1 is 1.36 bits per heavy atom. The highest BCUT2D eigenvalue weighted by molar-refractivity contribution is 7.80. The highest BCUT2D eigenvalue weighted by Gasteiger charge is 2.13. The monoisotopic (exact) mass is 222 g/mol. The Bertz CT molecular complexity index is 200. The van der Waals surface area contributed by atoms with Crippen LogP contribution in [0, 0.1) is 0 Å². The second-order valence-corrected chi connectivity index (χ2v) is 3.01. The van der Waals surface area contributed by atoms with Crippen LogP contribution in [0.1, 0.15) is 12.8 Å². The minimum Gasteiger partial charge on any atom is -0.481 e. The molecular formula is C7H14N2O4S. The average Bonchev–Trinajstić information content (AvgIpc) is 2.10. The van der Waals surface area contributed by atoms with Gasteiger partial charge in [-0.25, -0.2) is 5.43 Å². The fourth-order valence-electron chi connectivity index (χ4n) is 0.709. The number of carboxylic acid groups (broad SMARTS) is 2. The Morgan fingerprint density at radius 2 is 2.00 bits per heavy atom. The van der Waals surface area contributed by atoms with E-state index in [-0.39, 0.29) is 12.2 Å². The molecule has 6 nitrogen and oxygen atoms in total. The van der Waals surface area contributed by atoms with Crippen LogP contribution in [0.2, 0.25) is 0 Å². The number of hydrazine groups is 1. The Kier molecular flexibility index (Phi) is 7.17. The Hall–Kier alpha value is -0.790. The predicted molar refractivity (Wildman–Crippen MR) is 53.3 cm³/mol. The van der Waals surface area contributed by atoms with Gasteiger partial charge in [0.15, 0.2) is 0 Å². The van der Waals surface area contributed by atoms with E-state index in [1.807, 2.05) is 0 Å². The summed E-state index contributed by atoms with van der Waals surface area (Å²) in [5.41, 5.74) is 5.15. The molecule has 0 saturated carbocycles. The van der Waals surface area contributed by atoms with Crippen LogP contribution in [0.5, 0.6) is 0 Å². The van der Waals surface area contributed by atoms with Crippen LogP contribution in [-0.4, -0.2) is 40.5 Å². The van der Waals surface area contributed by atoms with Gasteiger partial charge in [-0.05, 0) is 6.42 Å².